The molecule has 32 heavy (non-hydrogen) atoms. The van der Waals surface area contributed by atoms with Gasteiger partial charge in [-0.2, -0.15) is 0 Å². The molecule has 0 saturated carbocycles. The van der Waals surface area contributed by atoms with E-state index in [0.717, 1.165) is 46.2 Å². The summed E-state index contributed by atoms with van der Waals surface area (Å²) in [7, 11) is 5.16. The van der Waals surface area contributed by atoms with Crippen molar-refractivity contribution in [1.82, 2.24) is 4.57 Å². The summed E-state index contributed by atoms with van der Waals surface area (Å²) in [5, 5.41) is 10.4. The van der Waals surface area contributed by atoms with Gasteiger partial charge in [-0.1, -0.05) is 0 Å². The van der Waals surface area contributed by atoms with Crippen molar-refractivity contribution in [2.45, 2.75) is 0 Å². The Balaban J connectivity index is 3.22. The van der Waals surface area contributed by atoms with E-state index in [4.69, 9.17) is 14.2 Å². The first-order valence-electron chi connectivity index (χ1n) is 8.71. The van der Waals surface area contributed by atoms with E-state index in [0.29, 0.717) is 6.08 Å². The zero-order valence-electron chi connectivity index (χ0n) is 17.7. The van der Waals surface area contributed by atoms with Crippen LogP contribution in [0, 0.1) is 0 Å². The number of aromatic hydroxyl groups is 1. The molecule has 2 rings (SSSR count). The number of phenolic OH excluding ortho intramolecular Hbond substituents is 1. The minimum Gasteiger partial charge on any atom is -0.507 e. The number of nitrogens with zero attached hydrogens (tertiary/aromatic N) is 1. The number of ether oxygens (including phenoxy) is 5. The largest absolute Gasteiger partial charge is 0.507 e. The van der Waals surface area contributed by atoms with E-state index in [1.165, 1.54) is 6.07 Å². The lowest BCUT2D eigenvalue weighted by Crippen LogP contribution is -2.20. The Labute approximate surface area is 180 Å². The van der Waals surface area contributed by atoms with Gasteiger partial charge in [-0.25, -0.2) is 24.0 Å². The van der Waals surface area contributed by atoms with Crippen molar-refractivity contribution >= 4 is 46.4 Å². The average Bonchev–Trinajstić information content (AvgIpc) is 3.17. The van der Waals surface area contributed by atoms with Gasteiger partial charge in [-0.05, 0) is 12.1 Å². The molecule has 0 aliphatic rings. The highest BCUT2D eigenvalue weighted by molar-refractivity contribution is 6.21. The molecular formula is C20H19NO11. The van der Waals surface area contributed by atoms with Crippen LogP contribution in [0.1, 0.15) is 31.2 Å². The molecule has 1 aromatic carbocycles. The van der Waals surface area contributed by atoms with Gasteiger partial charge in [-0.3, -0.25) is 4.57 Å². The molecule has 0 fully saturated rings. The molecule has 0 radical (unpaired) electrons. The van der Waals surface area contributed by atoms with E-state index in [1.54, 1.807) is 0 Å². The normalized spacial score (nSPS) is 11.0. The zero-order chi connectivity index (χ0) is 24.2. The molecule has 0 unspecified atom stereocenters. The average molecular weight is 449 g/mol. The summed E-state index contributed by atoms with van der Waals surface area (Å²) in [5.74, 6) is -5.93. The van der Waals surface area contributed by atoms with Crippen molar-refractivity contribution in [3.63, 3.8) is 0 Å². The fourth-order valence-electron chi connectivity index (χ4n) is 2.97. The second-order valence-corrected chi connectivity index (χ2v) is 5.97. The number of carbonyl (C=O) groups is 5. The first-order chi connectivity index (χ1) is 15.2. The van der Waals surface area contributed by atoms with Gasteiger partial charge in [0.2, 0.25) is 0 Å². The number of hydrogen-bond acceptors (Lipinski definition) is 11. The van der Waals surface area contributed by atoms with Gasteiger partial charge >= 0.3 is 29.8 Å². The molecule has 0 aliphatic carbocycles. The van der Waals surface area contributed by atoms with Gasteiger partial charge in [0.15, 0.2) is 0 Å². The highest BCUT2D eigenvalue weighted by Gasteiger charge is 2.33. The quantitative estimate of drug-likeness (QED) is 0.379. The summed E-state index contributed by atoms with van der Waals surface area (Å²) >= 11 is 0. The Hall–Kier alpha value is -4.35. The van der Waals surface area contributed by atoms with Crippen LogP contribution in [0.3, 0.4) is 0 Å². The lowest BCUT2D eigenvalue weighted by atomic mass is 10.0. The van der Waals surface area contributed by atoms with E-state index in [1.807, 2.05) is 0 Å². The highest BCUT2D eigenvalue weighted by atomic mass is 16.5. The molecule has 12 heteroatoms. The van der Waals surface area contributed by atoms with Crippen LogP contribution >= 0.6 is 0 Å². The predicted molar refractivity (Wildman–Crippen MR) is 106 cm³/mol. The second kappa shape index (κ2) is 9.64. The zero-order valence-corrected chi connectivity index (χ0v) is 17.7. The first kappa shape index (κ1) is 23.9. The minimum atomic E-state index is -1.11. The van der Waals surface area contributed by atoms with E-state index in [-0.39, 0.29) is 16.6 Å². The number of esters is 5. The van der Waals surface area contributed by atoms with Crippen molar-refractivity contribution in [2.75, 3.05) is 35.5 Å². The summed E-state index contributed by atoms with van der Waals surface area (Å²) in [4.78, 5) is 61.9. The third-order valence-corrected chi connectivity index (χ3v) is 4.33. The summed E-state index contributed by atoms with van der Waals surface area (Å²) < 4.78 is 24.2. The predicted octanol–water partition coefficient (Wildman–Crippen LogP) is 0.894. The van der Waals surface area contributed by atoms with Gasteiger partial charge in [0.25, 0.3) is 0 Å². The summed E-state index contributed by atoms with van der Waals surface area (Å²) in [6.45, 7) is 0. The number of fused-ring (bicyclic) bond motifs is 1. The second-order valence-electron chi connectivity index (χ2n) is 5.97. The third-order valence-electron chi connectivity index (χ3n) is 4.33. The third kappa shape index (κ3) is 4.10. The van der Waals surface area contributed by atoms with Crippen molar-refractivity contribution < 1.29 is 52.8 Å². The van der Waals surface area contributed by atoms with Crippen LogP contribution in [-0.2, 0) is 33.3 Å². The van der Waals surface area contributed by atoms with E-state index < -0.39 is 52.4 Å². The summed E-state index contributed by atoms with van der Waals surface area (Å²) in [6.07, 6.45) is 0.712. The maximum absolute atomic E-state index is 12.7. The number of hydrogen-bond donors (Lipinski definition) is 1. The number of carbonyl (C=O) groups excluding carboxylic acids is 5. The smallest absolute Gasteiger partial charge is 0.355 e. The maximum Gasteiger partial charge on any atom is 0.355 e. The molecule has 170 valence electrons. The number of rotatable bonds is 6. The van der Waals surface area contributed by atoms with Crippen molar-refractivity contribution in [1.29, 1.82) is 0 Å². The first-order valence-corrected chi connectivity index (χ1v) is 8.71. The molecule has 0 bridgehead atoms. The van der Waals surface area contributed by atoms with Crippen LogP contribution in [0.15, 0.2) is 18.2 Å². The number of benzene rings is 1. The number of phenols is 1. The van der Waals surface area contributed by atoms with Gasteiger partial charge in [0, 0.05) is 5.39 Å². The fraction of sp³-hybridized carbons (Fsp3) is 0.250. The molecule has 0 amide bonds. The van der Waals surface area contributed by atoms with Gasteiger partial charge < -0.3 is 28.8 Å². The van der Waals surface area contributed by atoms with Crippen molar-refractivity contribution in [3.8, 4) is 5.75 Å². The van der Waals surface area contributed by atoms with Crippen LogP contribution in [-0.4, -0.2) is 75.1 Å². The number of aromatic nitrogens is 1. The van der Waals surface area contributed by atoms with E-state index in [2.05, 4.69) is 9.47 Å². The Kier molecular flexibility index (Phi) is 7.21. The molecular weight excluding hydrogens is 430 g/mol. The van der Waals surface area contributed by atoms with Crippen LogP contribution in [0.2, 0.25) is 0 Å². The minimum absolute atomic E-state index is 0.0237. The Morgan fingerprint density at radius 3 is 1.84 bits per heavy atom. The molecule has 2 aromatic rings. The fourth-order valence-corrected chi connectivity index (χ4v) is 2.97. The highest BCUT2D eigenvalue weighted by Crippen LogP contribution is 2.36. The Morgan fingerprint density at radius 2 is 1.34 bits per heavy atom. The maximum atomic E-state index is 12.7. The standard InChI is InChI=1S/C20H19NO11/c1-28-13(23)8-11(18(25)30-3)21-10(17(24)29-2)6-9-7-12(22)14(19(26)31-4)15(16(9)21)20(27)32-5/h6-8,22H,1-5H3/b11-8+. The molecule has 12 nitrogen and oxygen atoms in total. The Morgan fingerprint density at radius 1 is 0.781 bits per heavy atom. The van der Waals surface area contributed by atoms with Gasteiger partial charge in [0.1, 0.15) is 28.3 Å². The lowest BCUT2D eigenvalue weighted by molar-refractivity contribution is -0.137. The molecule has 1 N–H and O–H groups in total. The van der Waals surface area contributed by atoms with Crippen LogP contribution in [0.5, 0.6) is 5.75 Å². The molecule has 1 aromatic heterocycles. The number of methoxy groups -OCH3 is 5. The van der Waals surface area contributed by atoms with Crippen LogP contribution < -0.4 is 0 Å². The van der Waals surface area contributed by atoms with Crippen LogP contribution in [0.4, 0.5) is 0 Å². The SMILES string of the molecule is COC(=O)/C=C(\C(=O)OC)n1c(C(=O)OC)cc2cc(O)c(C(=O)OC)c(C(=O)OC)c21. The monoisotopic (exact) mass is 449 g/mol. The molecule has 0 spiro atoms. The molecule has 0 atom stereocenters. The summed E-state index contributed by atoms with van der Waals surface area (Å²) in [5.41, 5.74) is -2.26. The van der Waals surface area contributed by atoms with Crippen molar-refractivity contribution in [3.05, 3.63) is 35.0 Å². The van der Waals surface area contributed by atoms with Gasteiger partial charge in [-0.15, -0.1) is 0 Å². The molecule has 0 saturated heterocycles. The molecule has 0 aliphatic heterocycles. The van der Waals surface area contributed by atoms with E-state index >= 15 is 0 Å². The summed E-state index contributed by atoms with van der Waals surface area (Å²) in [6, 6.07) is 2.23. The van der Waals surface area contributed by atoms with Crippen LogP contribution in [0.25, 0.3) is 16.6 Å². The molecule has 1 heterocycles. The van der Waals surface area contributed by atoms with Gasteiger partial charge in [0.05, 0.1) is 47.1 Å². The van der Waals surface area contributed by atoms with Crippen molar-refractivity contribution in [2.24, 2.45) is 0 Å². The topological polar surface area (TPSA) is 157 Å². The van der Waals surface area contributed by atoms with E-state index in [9.17, 15) is 29.1 Å². The lowest BCUT2D eigenvalue weighted by Gasteiger charge is -2.16. The Bertz CT molecular complexity index is 1160.